The Balaban J connectivity index is 1.46. The maximum atomic E-state index is 5.23. The van der Waals surface area contributed by atoms with Gasteiger partial charge in [-0.25, -0.2) is 0 Å². The minimum atomic E-state index is 0.392. The molecule has 2 rings (SSSR count). The van der Waals surface area contributed by atoms with Gasteiger partial charge < -0.3 is 14.2 Å². The fourth-order valence-electron chi connectivity index (χ4n) is 0.659. The summed E-state index contributed by atoms with van der Waals surface area (Å²) in [6.07, 6.45) is 0.785. The van der Waals surface area contributed by atoms with Crippen molar-refractivity contribution in [2.45, 2.75) is 12.2 Å². The second-order valence-electron chi connectivity index (χ2n) is 2.45. The molecule has 2 aliphatic rings. The van der Waals surface area contributed by atoms with Crippen LogP contribution in [0.15, 0.2) is 0 Å². The maximum absolute atomic E-state index is 5.23. The molecule has 0 aromatic heterocycles. The third-order valence-corrected chi connectivity index (χ3v) is 1.41. The van der Waals surface area contributed by atoms with Crippen LogP contribution in [0, 0.1) is 0 Å². The van der Waals surface area contributed by atoms with E-state index in [2.05, 4.69) is 0 Å². The lowest BCUT2D eigenvalue weighted by atomic mass is 10.5. The van der Waals surface area contributed by atoms with Gasteiger partial charge in [-0.3, -0.25) is 0 Å². The van der Waals surface area contributed by atoms with Gasteiger partial charge in [0.1, 0.15) is 12.2 Å². The summed E-state index contributed by atoms with van der Waals surface area (Å²) in [7, 11) is 0. The quantitative estimate of drug-likeness (QED) is 0.494. The Labute approximate surface area is 53.9 Å². The summed E-state index contributed by atoms with van der Waals surface area (Å²) >= 11 is 0. The minimum Gasteiger partial charge on any atom is -0.376 e. The van der Waals surface area contributed by atoms with Crippen molar-refractivity contribution in [2.75, 3.05) is 26.4 Å². The SMILES string of the molecule is C(OC[C@H]1CO1)[C@@H]1CO1. The van der Waals surface area contributed by atoms with Crippen LogP contribution in [-0.4, -0.2) is 38.6 Å². The molecule has 0 saturated carbocycles. The number of ether oxygens (including phenoxy) is 3. The van der Waals surface area contributed by atoms with E-state index in [1.54, 1.807) is 0 Å². The molecule has 0 spiro atoms. The van der Waals surface area contributed by atoms with Gasteiger partial charge in [-0.15, -0.1) is 0 Å². The fraction of sp³-hybridized carbons (Fsp3) is 1.00. The number of hydrogen-bond donors (Lipinski definition) is 0. The van der Waals surface area contributed by atoms with E-state index in [0.29, 0.717) is 12.2 Å². The lowest BCUT2D eigenvalue weighted by Crippen LogP contribution is -2.06. The first kappa shape index (κ1) is 5.65. The van der Waals surface area contributed by atoms with Gasteiger partial charge in [0.2, 0.25) is 0 Å². The first-order valence-corrected chi connectivity index (χ1v) is 3.26. The maximum Gasteiger partial charge on any atom is 0.104 e. The zero-order valence-corrected chi connectivity index (χ0v) is 5.21. The van der Waals surface area contributed by atoms with Crippen LogP contribution in [0.25, 0.3) is 0 Å². The highest BCUT2D eigenvalue weighted by atomic mass is 16.6. The summed E-state index contributed by atoms with van der Waals surface area (Å²) in [5.74, 6) is 0. The second-order valence-corrected chi connectivity index (χ2v) is 2.45. The molecule has 0 unspecified atom stereocenters. The zero-order valence-electron chi connectivity index (χ0n) is 5.21. The molecule has 52 valence electrons. The molecule has 9 heavy (non-hydrogen) atoms. The highest BCUT2D eigenvalue weighted by Crippen LogP contribution is 2.12. The smallest absolute Gasteiger partial charge is 0.104 e. The van der Waals surface area contributed by atoms with E-state index in [1.165, 1.54) is 0 Å². The second kappa shape index (κ2) is 2.25. The largest absolute Gasteiger partial charge is 0.376 e. The molecule has 0 aliphatic carbocycles. The van der Waals surface area contributed by atoms with E-state index in [4.69, 9.17) is 14.2 Å². The monoisotopic (exact) mass is 130 g/mol. The Kier molecular flexibility index (Phi) is 1.41. The predicted molar refractivity (Wildman–Crippen MR) is 30.3 cm³/mol. The van der Waals surface area contributed by atoms with Gasteiger partial charge in [-0.05, 0) is 0 Å². The van der Waals surface area contributed by atoms with Gasteiger partial charge in [-0.1, -0.05) is 0 Å². The van der Waals surface area contributed by atoms with Gasteiger partial charge in [-0.2, -0.15) is 0 Å². The Morgan fingerprint density at radius 3 is 1.89 bits per heavy atom. The molecule has 2 fully saturated rings. The van der Waals surface area contributed by atoms with Crippen LogP contribution in [0.3, 0.4) is 0 Å². The molecule has 2 aliphatic heterocycles. The molecule has 0 aromatic carbocycles. The van der Waals surface area contributed by atoms with Crippen molar-refractivity contribution in [3.05, 3.63) is 0 Å². The summed E-state index contributed by atoms with van der Waals surface area (Å²) in [6.45, 7) is 3.26. The van der Waals surface area contributed by atoms with Gasteiger partial charge in [0, 0.05) is 0 Å². The lowest BCUT2D eigenvalue weighted by molar-refractivity contribution is 0.102. The molecule has 0 radical (unpaired) electrons. The Hall–Kier alpha value is -0.120. The normalized spacial score (nSPS) is 38.7. The molecule has 3 heteroatoms. The molecule has 2 atom stereocenters. The molecule has 0 amide bonds. The van der Waals surface area contributed by atoms with Crippen LogP contribution in [0.5, 0.6) is 0 Å². The molecule has 0 aromatic rings. The van der Waals surface area contributed by atoms with E-state index in [-0.39, 0.29) is 0 Å². The predicted octanol–water partition coefficient (Wildman–Crippen LogP) is -0.199. The van der Waals surface area contributed by atoms with Crippen molar-refractivity contribution >= 4 is 0 Å². The van der Waals surface area contributed by atoms with Crippen molar-refractivity contribution in [3.8, 4) is 0 Å². The first-order valence-electron chi connectivity index (χ1n) is 3.26. The van der Waals surface area contributed by atoms with Crippen LogP contribution >= 0.6 is 0 Å². The van der Waals surface area contributed by atoms with Crippen LogP contribution < -0.4 is 0 Å². The highest BCUT2D eigenvalue weighted by molar-refractivity contribution is 4.71. The Morgan fingerprint density at radius 1 is 1.11 bits per heavy atom. The van der Waals surface area contributed by atoms with Gasteiger partial charge in [0.15, 0.2) is 0 Å². The van der Waals surface area contributed by atoms with Crippen LogP contribution in [-0.2, 0) is 14.2 Å². The van der Waals surface area contributed by atoms with Crippen molar-refractivity contribution in [1.82, 2.24) is 0 Å². The molecule has 2 heterocycles. The third kappa shape index (κ3) is 1.93. The van der Waals surface area contributed by atoms with E-state index < -0.39 is 0 Å². The third-order valence-electron chi connectivity index (χ3n) is 1.41. The Bertz CT molecular complexity index is 84.5. The van der Waals surface area contributed by atoms with Crippen molar-refractivity contribution < 1.29 is 14.2 Å². The topological polar surface area (TPSA) is 34.3 Å². The lowest BCUT2D eigenvalue weighted by Gasteiger charge is -1.95. The van der Waals surface area contributed by atoms with E-state index in [1.807, 2.05) is 0 Å². The number of hydrogen-bond acceptors (Lipinski definition) is 3. The average Bonchev–Trinajstić information content (AvgIpc) is 2.57. The molecule has 3 nitrogen and oxygen atoms in total. The summed E-state index contributed by atoms with van der Waals surface area (Å²) < 4.78 is 15.1. The van der Waals surface area contributed by atoms with Gasteiger partial charge >= 0.3 is 0 Å². The van der Waals surface area contributed by atoms with Crippen LogP contribution in [0.2, 0.25) is 0 Å². The van der Waals surface area contributed by atoms with Crippen molar-refractivity contribution in [1.29, 1.82) is 0 Å². The molecule has 0 bridgehead atoms. The molecule has 0 N–H and O–H groups in total. The number of epoxide rings is 2. The first-order chi connectivity index (χ1) is 4.45. The Morgan fingerprint density at radius 2 is 1.56 bits per heavy atom. The number of rotatable bonds is 4. The van der Waals surface area contributed by atoms with Crippen molar-refractivity contribution in [3.63, 3.8) is 0 Å². The van der Waals surface area contributed by atoms with Crippen molar-refractivity contribution in [2.24, 2.45) is 0 Å². The summed E-state index contributed by atoms with van der Waals surface area (Å²) in [4.78, 5) is 0. The highest BCUT2D eigenvalue weighted by Gasteiger charge is 2.26. The average molecular weight is 130 g/mol. The fourth-order valence-corrected chi connectivity index (χ4v) is 0.659. The zero-order chi connectivity index (χ0) is 6.10. The molecular formula is C6H10O3. The van der Waals surface area contributed by atoms with Crippen LogP contribution in [0.1, 0.15) is 0 Å². The summed E-state index contributed by atoms with van der Waals surface area (Å²) in [5.41, 5.74) is 0. The standard InChI is InChI=1S/C6H10O3/c1(5-3-8-5)7-2-6-4-9-6/h5-6H,1-4H2/t5-,6+. The van der Waals surface area contributed by atoms with Crippen LogP contribution in [0.4, 0.5) is 0 Å². The summed E-state index contributed by atoms with van der Waals surface area (Å²) in [5, 5.41) is 0. The summed E-state index contributed by atoms with van der Waals surface area (Å²) in [6, 6.07) is 0. The molecular weight excluding hydrogens is 120 g/mol. The van der Waals surface area contributed by atoms with E-state index in [9.17, 15) is 0 Å². The van der Waals surface area contributed by atoms with E-state index in [0.717, 1.165) is 26.4 Å². The van der Waals surface area contributed by atoms with Gasteiger partial charge in [0.05, 0.1) is 26.4 Å². The molecule has 2 saturated heterocycles. The van der Waals surface area contributed by atoms with Gasteiger partial charge in [0.25, 0.3) is 0 Å². The minimum absolute atomic E-state index is 0.392. The van der Waals surface area contributed by atoms with E-state index >= 15 is 0 Å².